The van der Waals surface area contributed by atoms with Crippen molar-refractivity contribution in [1.29, 1.82) is 0 Å². The summed E-state index contributed by atoms with van der Waals surface area (Å²) < 4.78 is 36.8. The summed E-state index contributed by atoms with van der Waals surface area (Å²) in [7, 11) is -4.16. The predicted octanol–water partition coefficient (Wildman–Crippen LogP) is 8.71. The van der Waals surface area contributed by atoms with E-state index in [4.69, 9.17) is 20.7 Å². The van der Waals surface area contributed by atoms with Gasteiger partial charge in [-0.15, -0.1) is 0 Å². The fourth-order valence-corrected chi connectivity index (χ4v) is 5.57. The van der Waals surface area contributed by atoms with Gasteiger partial charge < -0.3 is 9.84 Å². The number of nitrogens with one attached hydrogen (secondary N) is 1. The van der Waals surface area contributed by atoms with Crippen molar-refractivity contribution in [1.82, 2.24) is 10.5 Å². The van der Waals surface area contributed by atoms with Gasteiger partial charge in [-0.2, -0.15) is 8.42 Å². The molecule has 0 spiro atoms. The number of amides is 1. The van der Waals surface area contributed by atoms with Crippen LogP contribution in [0, 0.1) is 5.41 Å². The van der Waals surface area contributed by atoms with Crippen LogP contribution in [-0.2, 0) is 16.5 Å². The molecule has 5 rings (SSSR count). The van der Waals surface area contributed by atoms with Gasteiger partial charge in [0.1, 0.15) is 0 Å². The topological polar surface area (TPSA) is 110 Å². The lowest BCUT2D eigenvalue weighted by molar-refractivity contribution is 0.0956. The first-order chi connectivity index (χ1) is 22.3. The van der Waals surface area contributed by atoms with Crippen LogP contribution < -0.4 is 5.32 Å². The number of nitrogens with zero attached hydrogens (tertiary/aromatic N) is 1. The third-order valence-corrected chi connectivity index (χ3v) is 8.60. The molecule has 0 aliphatic carbocycles. The molecule has 1 aromatic heterocycles. The highest BCUT2D eigenvalue weighted by atomic mass is 35.5. The van der Waals surface area contributed by atoms with E-state index in [1.165, 1.54) is 0 Å². The Hall–Kier alpha value is -4.50. The number of carbonyl (C=O) groups excluding carboxylic acids is 1. The van der Waals surface area contributed by atoms with Crippen molar-refractivity contribution in [3.63, 3.8) is 0 Å². The van der Waals surface area contributed by atoms with Crippen LogP contribution in [0.2, 0.25) is 5.02 Å². The van der Waals surface area contributed by atoms with Gasteiger partial charge in [-0.05, 0) is 70.0 Å². The molecule has 0 aliphatic rings. The third kappa shape index (κ3) is 9.75. The number of rotatable bonds is 11. The summed E-state index contributed by atoms with van der Waals surface area (Å²) in [5.74, 6) is -0.448. The van der Waals surface area contributed by atoms with Crippen molar-refractivity contribution < 1.29 is 22.3 Å². The summed E-state index contributed by atoms with van der Waals surface area (Å²) in [6, 6.07) is 33.4. The van der Waals surface area contributed by atoms with Crippen molar-refractivity contribution in [2.45, 2.75) is 33.1 Å². The molecular formula is C38H37ClN2O5S. The largest absolute Gasteiger partial charge is 0.356 e. The van der Waals surface area contributed by atoms with Gasteiger partial charge in [0.15, 0.2) is 5.76 Å². The standard InChI is InChI=1S/C38H37ClN2O5S/c1-38(2,3)20-19-26-7-11-29(12-8-26)34(23-27-9-13-30(14-10-27)37(42)40-21-22-47(43,44)45)35-25-36(46-41-35)32-6-4-5-31(24-32)28-15-17-33(39)18-16-28/h4-20,24-25,34H,21-23H2,1-3H3,(H,40,42)(H,43,44,45). The molecule has 0 saturated heterocycles. The van der Waals surface area contributed by atoms with Gasteiger partial charge in [0.2, 0.25) is 0 Å². The minimum absolute atomic E-state index is 0.0722. The van der Waals surface area contributed by atoms with E-state index in [-0.39, 0.29) is 17.9 Å². The van der Waals surface area contributed by atoms with Crippen LogP contribution in [0.15, 0.2) is 114 Å². The smallest absolute Gasteiger partial charge is 0.266 e. The monoisotopic (exact) mass is 668 g/mol. The van der Waals surface area contributed by atoms with Gasteiger partial charge in [0.25, 0.3) is 16.0 Å². The maximum atomic E-state index is 12.5. The molecule has 0 aliphatic heterocycles. The molecule has 47 heavy (non-hydrogen) atoms. The Balaban J connectivity index is 1.41. The van der Waals surface area contributed by atoms with E-state index < -0.39 is 21.8 Å². The first-order valence-electron chi connectivity index (χ1n) is 15.3. The maximum absolute atomic E-state index is 12.5. The zero-order valence-corrected chi connectivity index (χ0v) is 28.1. The number of aromatic nitrogens is 1. The zero-order chi connectivity index (χ0) is 33.6. The van der Waals surface area contributed by atoms with Crippen LogP contribution in [0.5, 0.6) is 0 Å². The van der Waals surface area contributed by atoms with Gasteiger partial charge in [0.05, 0.1) is 11.4 Å². The number of halogens is 1. The van der Waals surface area contributed by atoms with E-state index in [0.717, 1.165) is 39.1 Å². The molecule has 0 bridgehead atoms. The van der Waals surface area contributed by atoms with Gasteiger partial charge in [-0.1, -0.05) is 116 Å². The third-order valence-electron chi connectivity index (χ3n) is 7.63. The lowest BCUT2D eigenvalue weighted by Crippen LogP contribution is -2.28. The van der Waals surface area contributed by atoms with Crippen LogP contribution in [-0.4, -0.2) is 36.3 Å². The van der Waals surface area contributed by atoms with Crippen LogP contribution in [0.25, 0.3) is 28.5 Å². The number of carbonyl (C=O) groups is 1. The fourth-order valence-electron chi connectivity index (χ4n) is 5.09. The van der Waals surface area contributed by atoms with Crippen LogP contribution >= 0.6 is 11.6 Å². The molecule has 242 valence electrons. The van der Waals surface area contributed by atoms with E-state index in [2.05, 4.69) is 73.7 Å². The Morgan fingerprint density at radius 3 is 2.26 bits per heavy atom. The Morgan fingerprint density at radius 2 is 1.60 bits per heavy atom. The summed E-state index contributed by atoms with van der Waals surface area (Å²) in [6.07, 6.45) is 4.90. The number of benzene rings is 4. The van der Waals surface area contributed by atoms with E-state index in [0.29, 0.717) is 22.8 Å². The zero-order valence-electron chi connectivity index (χ0n) is 26.5. The van der Waals surface area contributed by atoms with Gasteiger partial charge in [-0.25, -0.2) is 0 Å². The first-order valence-corrected chi connectivity index (χ1v) is 17.3. The normalized spacial score (nSPS) is 12.7. The summed E-state index contributed by atoms with van der Waals surface area (Å²) in [5.41, 5.74) is 7.38. The van der Waals surface area contributed by atoms with Crippen molar-refractivity contribution >= 4 is 33.7 Å². The molecular weight excluding hydrogens is 632 g/mol. The van der Waals surface area contributed by atoms with Crippen molar-refractivity contribution in [3.05, 3.63) is 142 Å². The second-order valence-corrected chi connectivity index (χ2v) is 14.6. The molecule has 1 unspecified atom stereocenters. The SMILES string of the molecule is CC(C)(C)C=Cc1ccc(C(Cc2ccc(C(=O)NCCS(=O)(=O)O)cc2)c2cc(-c3cccc(-c4ccc(Cl)cc4)c3)on2)cc1. The maximum Gasteiger partial charge on any atom is 0.266 e. The van der Waals surface area contributed by atoms with E-state index >= 15 is 0 Å². The molecule has 9 heteroatoms. The number of hydrogen-bond acceptors (Lipinski definition) is 5. The van der Waals surface area contributed by atoms with Crippen LogP contribution in [0.3, 0.4) is 0 Å². The minimum Gasteiger partial charge on any atom is -0.356 e. The quantitative estimate of drug-likeness (QED) is 0.136. The average molecular weight is 669 g/mol. The predicted molar refractivity (Wildman–Crippen MR) is 188 cm³/mol. The van der Waals surface area contributed by atoms with E-state index in [1.807, 2.05) is 60.7 Å². The summed E-state index contributed by atoms with van der Waals surface area (Å²) in [6.45, 7) is 6.31. The molecule has 0 fully saturated rings. The molecule has 0 radical (unpaired) electrons. The van der Waals surface area contributed by atoms with Crippen LogP contribution in [0.4, 0.5) is 0 Å². The lowest BCUT2D eigenvalue weighted by atomic mass is 9.88. The second kappa shape index (κ2) is 14.5. The average Bonchev–Trinajstić information content (AvgIpc) is 3.53. The van der Waals surface area contributed by atoms with Gasteiger partial charge in [-0.3, -0.25) is 9.35 Å². The molecule has 4 aromatic carbocycles. The van der Waals surface area contributed by atoms with E-state index in [9.17, 15) is 13.2 Å². The molecule has 1 heterocycles. The van der Waals surface area contributed by atoms with E-state index in [1.54, 1.807) is 12.1 Å². The van der Waals surface area contributed by atoms with Crippen LogP contribution in [0.1, 0.15) is 59.4 Å². The highest BCUT2D eigenvalue weighted by Crippen LogP contribution is 2.33. The van der Waals surface area contributed by atoms with Gasteiger partial charge in [0, 0.05) is 34.7 Å². The number of allylic oxidation sites excluding steroid dienone is 1. The van der Waals surface area contributed by atoms with Crippen molar-refractivity contribution in [3.8, 4) is 22.5 Å². The molecule has 0 saturated carbocycles. The number of hydrogen-bond donors (Lipinski definition) is 2. The highest BCUT2D eigenvalue weighted by Gasteiger charge is 2.21. The van der Waals surface area contributed by atoms with Gasteiger partial charge >= 0.3 is 0 Å². The molecule has 5 aromatic rings. The Bertz CT molecular complexity index is 1960. The summed E-state index contributed by atoms with van der Waals surface area (Å²) >= 11 is 6.09. The Morgan fingerprint density at radius 1 is 0.915 bits per heavy atom. The Kier molecular flexibility index (Phi) is 10.4. The lowest BCUT2D eigenvalue weighted by Gasteiger charge is -2.16. The fraction of sp³-hybridized carbons (Fsp3) is 0.211. The summed E-state index contributed by atoms with van der Waals surface area (Å²) in [4.78, 5) is 12.5. The highest BCUT2D eigenvalue weighted by molar-refractivity contribution is 7.85. The second-order valence-electron chi connectivity index (χ2n) is 12.6. The molecule has 7 nitrogen and oxygen atoms in total. The Labute approximate surface area is 281 Å². The molecule has 1 atom stereocenters. The molecule has 2 N–H and O–H groups in total. The molecule has 1 amide bonds. The first kappa shape index (κ1) is 33.9. The minimum atomic E-state index is -4.16. The van der Waals surface area contributed by atoms with Crippen molar-refractivity contribution in [2.75, 3.05) is 12.3 Å². The summed E-state index contributed by atoms with van der Waals surface area (Å²) in [5, 5.41) is 7.73. The van der Waals surface area contributed by atoms with Crippen molar-refractivity contribution in [2.24, 2.45) is 5.41 Å².